The SMILES string of the molecule is COc1ccc(OC)c(C(C)Nc2ncnc3sc(C)cc23)c1. The van der Waals surface area contributed by atoms with Crippen molar-refractivity contribution >= 4 is 27.4 Å². The molecule has 0 aliphatic rings. The number of anilines is 1. The third-order valence-electron chi connectivity index (χ3n) is 3.71. The summed E-state index contributed by atoms with van der Waals surface area (Å²) in [6.45, 7) is 4.15. The number of ether oxygens (including phenoxy) is 2. The topological polar surface area (TPSA) is 56.3 Å². The number of nitrogens with zero attached hydrogens (tertiary/aromatic N) is 2. The second kappa shape index (κ2) is 6.42. The van der Waals surface area contributed by atoms with Gasteiger partial charge in [-0.15, -0.1) is 11.3 Å². The number of rotatable bonds is 5. The molecule has 1 unspecified atom stereocenters. The second-order valence-electron chi connectivity index (χ2n) is 5.27. The van der Waals surface area contributed by atoms with Crippen LogP contribution in [-0.4, -0.2) is 24.2 Å². The maximum atomic E-state index is 5.47. The highest BCUT2D eigenvalue weighted by atomic mass is 32.1. The number of hydrogen-bond donors (Lipinski definition) is 1. The van der Waals surface area contributed by atoms with Crippen LogP contribution in [0.25, 0.3) is 10.2 Å². The Hall–Kier alpha value is -2.34. The fraction of sp³-hybridized carbons (Fsp3) is 0.294. The van der Waals surface area contributed by atoms with Crippen molar-refractivity contribution in [1.82, 2.24) is 9.97 Å². The van der Waals surface area contributed by atoms with Crippen molar-refractivity contribution < 1.29 is 9.47 Å². The number of thiophene rings is 1. The quantitative estimate of drug-likeness (QED) is 0.760. The Morgan fingerprint density at radius 3 is 2.70 bits per heavy atom. The Balaban J connectivity index is 1.96. The first kappa shape index (κ1) is 15.6. The van der Waals surface area contributed by atoms with Gasteiger partial charge in [-0.25, -0.2) is 9.97 Å². The highest BCUT2D eigenvalue weighted by Crippen LogP contribution is 2.33. The van der Waals surface area contributed by atoms with E-state index in [1.165, 1.54) is 4.88 Å². The number of aryl methyl sites for hydroxylation is 1. The van der Waals surface area contributed by atoms with Crippen LogP contribution in [0.15, 0.2) is 30.6 Å². The van der Waals surface area contributed by atoms with E-state index in [-0.39, 0.29) is 6.04 Å². The summed E-state index contributed by atoms with van der Waals surface area (Å²) in [5.74, 6) is 2.45. The molecule has 0 radical (unpaired) electrons. The lowest BCUT2D eigenvalue weighted by Gasteiger charge is -2.19. The number of hydrogen-bond acceptors (Lipinski definition) is 6. The number of benzene rings is 1. The largest absolute Gasteiger partial charge is 0.497 e. The van der Waals surface area contributed by atoms with Crippen LogP contribution in [0, 0.1) is 6.92 Å². The number of nitrogens with one attached hydrogen (secondary N) is 1. The fourth-order valence-corrected chi connectivity index (χ4v) is 3.40. The van der Waals surface area contributed by atoms with Gasteiger partial charge in [0.25, 0.3) is 0 Å². The first-order valence-electron chi connectivity index (χ1n) is 7.32. The lowest BCUT2D eigenvalue weighted by atomic mass is 10.1. The van der Waals surface area contributed by atoms with Crippen molar-refractivity contribution in [1.29, 1.82) is 0 Å². The Bertz CT molecular complexity index is 832. The van der Waals surface area contributed by atoms with E-state index in [0.717, 1.165) is 33.1 Å². The van der Waals surface area contributed by atoms with Gasteiger partial charge in [-0.3, -0.25) is 0 Å². The van der Waals surface area contributed by atoms with Gasteiger partial charge in [0.2, 0.25) is 0 Å². The maximum Gasteiger partial charge on any atom is 0.138 e. The summed E-state index contributed by atoms with van der Waals surface area (Å²) in [4.78, 5) is 10.9. The molecule has 23 heavy (non-hydrogen) atoms. The third-order valence-corrected chi connectivity index (χ3v) is 4.67. The predicted octanol–water partition coefficient (Wildman–Crippen LogP) is 4.19. The molecule has 1 N–H and O–H groups in total. The van der Waals surface area contributed by atoms with Crippen LogP contribution in [-0.2, 0) is 0 Å². The average Bonchev–Trinajstić information content (AvgIpc) is 2.95. The summed E-state index contributed by atoms with van der Waals surface area (Å²) in [5, 5.41) is 4.51. The van der Waals surface area contributed by atoms with Gasteiger partial charge >= 0.3 is 0 Å². The van der Waals surface area contributed by atoms with Gasteiger partial charge in [0.1, 0.15) is 28.5 Å². The maximum absolute atomic E-state index is 5.47. The van der Waals surface area contributed by atoms with Gasteiger partial charge in [-0.1, -0.05) is 0 Å². The highest BCUT2D eigenvalue weighted by Gasteiger charge is 2.15. The minimum absolute atomic E-state index is 0.0124. The van der Waals surface area contributed by atoms with Crippen LogP contribution in [0.3, 0.4) is 0 Å². The Labute approximate surface area is 139 Å². The standard InChI is InChI=1S/C17H19N3O2S/c1-10-7-14-16(18-9-19-17(14)23-10)20-11(2)13-8-12(21-3)5-6-15(13)22-4/h5-9,11H,1-4H3,(H,18,19,20). The van der Waals surface area contributed by atoms with E-state index in [4.69, 9.17) is 9.47 Å². The lowest BCUT2D eigenvalue weighted by Crippen LogP contribution is -2.10. The van der Waals surface area contributed by atoms with Gasteiger partial charge in [-0.05, 0) is 38.1 Å². The van der Waals surface area contributed by atoms with E-state index < -0.39 is 0 Å². The highest BCUT2D eigenvalue weighted by molar-refractivity contribution is 7.18. The Morgan fingerprint density at radius 2 is 1.96 bits per heavy atom. The molecule has 1 aromatic carbocycles. The zero-order valence-electron chi connectivity index (χ0n) is 13.6. The van der Waals surface area contributed by atoms with Gasteiger partial charge in [0, 0.05) is 10.4 Å². The normalized spacial score (nSPS) is 12.2. The molecule has 6 heteroatoms. The van der Waals surface area contributed by atoms with Crippen molar-refractivity contribution in [2.45, 2.75) is 19.9 Å². The van der Waals surface area contributed by atoms with E-state index in [2.05, 4.69) is 35.2 Å². The molecule has 0 bridgehead atoms. The third kappa shape index (κ3) is 3.07. The van der Waals surface area contributed by atoms with E-state index in [9.17, 15) is 0 Å². The first-order chi connectivity index (χ1) is 11.1. The van der Waals surface area contributed by atoms with Crippen LogP contribution >= 0.6 is 11.3 Å². The summed E-state index contributed by atoms with van der Waals surface area (Å²) in [7, 11) is 3.33. The molecule has 1 atom stereocenters. The van der Waals surface area contributed by atoms with Crippen LogP contribution in [0.2, 0.25) is 0 Å². The van der Waals surface area contributed by atoms with Crippen molar-refractivity contribution in [3.05, 3.63) is 41.0 Å². The van der Waals surface area contributed by atoms with Gasteiger partial charge in [0.15, 0.2) is 0 Å². The zero-order valence-corrected chi connectivity index (χ0v) is 14.4. The second-order valence-corrected chi connectivity index (χ2v) is 6.51. The van der Waals surface area contributed by atoms with Crippen molar-refractivity contribution in [3.8, 4) is 11.5 Å². The van der Waals surface area contributed by atoms with Crippen LogP contribution in [0.1, 0.15) is 23.4 Å². The summed E-state index contributed by atoms with van der Waals surface area (Å²) < 4.78 is 10.8. The van der Waals surface area contributed by atoms with E-state index in [1.54, 1.807) is 31.9 Å². The van der Waals surface area contributed by atoms with Gasteiger partial charge in [-0.2, -0.15) is 0 Å². The molecule has 0 saturated carbocycles. The molecule has 0 fully saturated rings. The summed E-state index contributed by atoms with van der Waals surface area (Å²) in [5.41, 5.74) is 1.02. The molecular formula is C17H19N3O2S. The molecule has 2 heterocycles. The molecule has 3 aromatic rings. The zero-order chi connectivity index (χ0) is 16.4. The van der Waals surface area contributed by atoms with Crippen LogP contribution in [0.4, 0.5) is 5.82 Å². The molecule has 0 amide bonds. The molecule has 0 saturated heterocycles. The van der Waals surface area contributed by atoms with Crippen LogP contribution < -0.4 is 14.8 Å². The number of fused-ring (bicyclic) bond motifs is 1. The van der Waals surface area contributed by atoms with E-state index in [0.29, 0.717) is 0 Å². The molecule has 0 spiro atoms. The molecular weight excluding hydrogens is 310 g/mol. The first-order valence-corrected chi connectivity index (χ1v) is 8.13. The molecule has 2 aromatic heterocycles. The molecule has 5 nitrogen and oxygen atoms in total. The smallest absolute Gasteiger partial charge is 0.138 e. The van der Waals surface area contributed by atoms with E-state index >= 15 is 0 Å². The summed E-state index contributed by atoms with van der Waals surface area (Å²) in [6.07, 6.45) is 1.59. The Kier molecular flexibility index (Phi) is 4.34. The van der Waals surface area contributed by atoms with E-state index in [1.807, 2.05) is 18.2 Å². The fourth-order valence-electron chi connectivity index (χ4n) is 2.55. The molecule has 0 aliphatic heterocycles. The minimum Gasteiger partial charge on any atom is -0.497 e. The predicted molar refractivity (Wildman–Crippen MR) is 93.7 cm³/mol. The summed E-state index contributed by atoms with van der Waals surface area (Å²) in [6, 6.07) is 7.90. The summed E-state index contributed by atoms with van der Waals surface area (Å²) >= 11 is 1.67. The number of methoxy groups -OCH3 is 2. The molecule has 0 aliphatic carbocycles. The monoisotopic (exact) mass is 329 g/mol. The van der Waals surface area contributed by atoms with Crippen molar-refractivity contribution in [2.75, 3.05) is 19.5 Å². The van der Waals surface area contributed by atoms with Gasteiger partial charge < -0.3 is 14.8 Å². The van der Waals surface area contributed by atoms with Gasteiger partial charge in [0.05, 0.1) is 25.6 Å². The lowest BCUT2D eigenvalue weighted by molar-refractivity contribution is 0.397. The number of aromatic nitrogens is 2. The van der Waals surface area contributed by atoms with Crippen molar-refractivity contribution in [2.24, 2.45) is 0 Å². The van der Waals surface area contributed by atoms with Crippen LogP contribution in [0.5, 0.6) is 11.5 Å². The Morgan fingerprint density at radius 1 is 1.13 bits per heavy atom. The minimum atomic E-state index is 0.0124. The van der Waals surface area contributed by atoms with Crippen molar-refractivity contribution in [3.63, 3.8) is 0 Å². The molecule has 120 valence electrons. The average molecular weight is 329 g/mol. The molecule has 3 rings (SSSR count).